The lowest BCUT2D eigenvalue weighted by Crippen LogP contribution is -2.19. The number of anilines is 3. The largest absolute Gasteiger partial charge is 0.373 e. The highest BCUT2D eigenvalue weighted by Gasteiger charge is 2.14. The van der Waals surface area contributed by atoms with Crippen LogP contribution in [-0.4, -0.2) is 23.6 Å². The summed E-state index contributed by atoms with van der Waals surface area (Å²) in [7, 11) is 1.83. The summed E-state index contributed by atoms with van der Waals surface area (Å²) in [4.78, 5) is 10.5. The first-order chi connectivity index (χ1) is 9.17. The quantitative estimate of drug-likeness (QED) is 0.917. The predicted molar refractivity (Wildman–Crippen MR) is 75.4 cm³/mol. The number of rotatable bonds is 4. The molecule has 0 amide bonds. The lowest BCUT2D eigenvalue weighted by atomic mass is 10.2. The molecule has 100 valence electrons. The maximum Gasteiger partial charge on any atom is 0.141 e. The lowest BCUT2D eigenvalue weighted by molar-refractivity contribution is 0.627. The molecule has 0 atom stereocenters. The fourth-order valence-corrected chi connectivity index (χ4v) is 2.04. The van der Waals surface area contributed by atoms with E-state index in [1.54, 1.807) is 12.1 Å². The standard InChI is InChI=1S/C14H17FN4/c1-4-19(12-7-5-11(15)6-8-12)14-10(2)13(16-3)17-9-18-14/h5-9H,4H2,1-3H3,(H,16,17,18). The van der Waals surface area contributed by atoms with Crippen molar-refractivity contribution in [3.63, 3.8) is 0 Å². The molecule has 0 aliphatic heterocycles. The van der Waals surface area contributed by atoms with E-state index < -0.39 is 0 Å². The molecule has 0 saturated carbocycles. The van der Waals surface area contributed by atoms with Gasteiger partial charge in [0.15, 0.2) is 0 Å². The summed E-state index contributed by atoms with van der Waals surface area (Å²) in [6, 6.07) is 6.40. The van der Waals surface area contributed by atoms with E-state index in [4.69, 9.17) is 0 Å². The molecule has 2 rings (SSSR count). The molecule has 1 N–H and O–H groups in total. The van der Waals surface area contributed by atoms with Crippen LogP contribution in [0.15, 0.2) is 30.6 Å². The van der Waals surface area contributed by atoms with Crippen molar-refractivity contribution in [2.45, 2.75) is 13.8 Å². The fourth-order valence-electron chi connectivity index (χ4n) is 2.04. The van der Waals surface area contributed by atoms with Gasteiger partial charge in [-0.15, -0.1) is 0 Å². The van der Waals surface area contributed by atoms with Gasteiger partial charge in [0, 0.05) is 24.8 Å². The van der Waals surface area contributed by atoms with Gasteiger partial charge in [-0.1, -0.05) is 0 Å². The van der Waals surface area contributed by atoms with Crippen LogP contribution in [0, 0.1) is 12.7 Å². The molecule has 4 nitrogen and oxygen atoms in total. The summed E-state index contributed by atoms with van der Waals surface area (Å²) >= 11 is 0. The van der Waals surface area contributed by atoms with E-state index in [0.717, 1.165) is 29.4 Å². The van der Waals surface area contributed by atoms with Crippen molar-refractivity contribution >= 4 is 17.3 Å². The van der Waals surface area contributed by atoms with Crippen LogP contribution >= 0.6 is 0 Å². The van der Waals surface area contributed by atoms with Crippen LogP contribution < -0.4 is 10.2 Å². The molecule has 1 heterocycles. The number of nitrogens with one attached hydrogen (secondary N) is 1. The number of halogens is 1. The normalized spacial score (nSPS) is 10.3. The Kier molecular flexibility index (Phi) is 3.94. The smallest absolute Gasteiger partial charge is 0.141 e. The average molecular weight is 260 g/mol. The second-order valence-electron chi connectivity index (χ2n) is 4.14. The number of nitrogens with zero attached hydrogens (tertiary/aromatic N) is 3. The molecule has 0 bridgehead atoms. The highest BCUT2D eigenvalue weighted by Crippen LogP contribution is 2.28. The first-order valence-electron chi connectivity index (χ1n) is 6.19. The second kappa shape index (κ2) is 5.65. The van der Waals surface area contributed by atoms with Crippen LogP contribution in [0.2, 0.25) is 0 Å². The molecule has 0 radical (unpaired) electrons. The zero-order valence-corrected chi connectivity index (χ0v) is 11.3. The molecule has 0 spiro atoms. The summed E-state index contributed by atoms with van der Waals surface area (Å²) in [5.41, 5.74) is 1.88. The van der Waals surface area contributed by atoms with Crippen molar-refractivity contribution in [1.29, 1.82) is 0 Å². The summed E-state index contributed by atoms with van der Waals surface area (Å²) in [5, 5.41) is 3.04. The van der Waals surface area contributed by atoms with E-state index >= 15 is 0 Å². The SMILES string of the molecule is CCN(c1ccc(F)cc1)c1ncnc(NC)c1C. The van der Waals surface area contributed by atoms with Crippen LogP contribution in [0.5, 0.6) is 0 Å². The Morgan fingerprint density at radius 3 is 2.47 bits per heavy atom. The summed E-state index contributed by atoms with van der Waals surface area (Å²) in [6.07, 6.45) is 1.53. The zero-order valence-electron chi connectivity index (χ0n) is 11.3. The molecule has 1 aromatic heterocycles. The molecular weight excluding hydrogens is 243 g/mol. The van der Waals surface area contributed by atoms with Crippen molar-refractivity contribution in [3.05, 3.63) is 42.0 Å². The van der Waals surface area contributed by atoms with Gasteiger partial charge in [0.05, 0.1) is 0 Å². The topological polar surface area (TPSA) is 41.1 Å². The number of benzene rings is 1. The van der Waals surface area contributed by atoms with Gasteiger partial charge in [-0.3, -0.25) is 0 Å². The molecule has 19 heavy (non-hydrogen) atoms. The Hall–Kier alpha value is -2.17. The van der Waals surface area contributed by atoms with Crippen LogP contribution in [0.25, 0.3) is 0 Å². The predicted octanol–water partition coefficient (Wildman–Crippen LogP) is 3.12. The van der Waals surface area contributed by atoms with E-state index in [0.29, 0.717) is 0 Å². The van der Waals surface area contributed by atoms with Gasteiger partial charge < -0.3 is 10.2 Å². The summed E-state index contributed by atoms with van der Waals surface area (Å²) < 4.78 is 13.0. The summed E-state index contributed by atoms with van der Waals surface area (Å²) in [5.74, 6) is 1.38. The van der Waals surface area contributed by atoms with E-state index in [1.807, 2.05) is 25.8 Å². The minimum Gasteiger partial charge on any atom is -0.373 e. The van der Waals surface area contributed by atoms with Crippen LogP contribution in [-0.2, 0) is 0 Å². The zero-order chi connectivity index (χ0) is 13.8. The van der Waals surface area contributed by atoms with Gasteiger partial charge in [0.2, 0.25) is 0 Å². The van der Waals surface area contributed by atoms with Crippen molar-refractivity contribution in [1.82, 2.24) is 9.97 Å². The van der Waals surface area contributed by atoms with E-state index in [1.165, 1.54) is 18.5 Å². The third-order valence-corrected chi connectivity index (χ3v) is 3.00. The maximum absolute atomic E-state index is 13.0. The van der Waals surface area contributed by atoms with Gasteiger partial charge in [-0.05, 0) is 38.1 Å². The first kappa shape index (κ1) is 13.3. The Labute approximate surface area is 112 Å². The Balaban J connectivity index is 2.45. The highest BCUT2D eigenvalue weighted by atomic mass is 19.1. The second-order valence-corrected chi connectivity index (χ2v) is 4.14. The Morgan fingerprint density at radius 1 is 1.21 bits per heavy atom. The molecule has 0 aliphatic carbocycles. The molecule has 0 saturated heterocycles. The van der Waals surface area contributed by atoms with Crippen molar-refractivity contribution in [2.24, 2.45) is 0 Å². The minimum absolute atomic E-state index is 0.241. The highest BCUT2D eigenvalue weighted by molar-refractivity contribution is 5.66. The van der Waals surface area contributed by atoms with Gasteiger partial charge >= 0.3 is 0 Å². The molecule has 0 fully saturated rings. The molecule has 1 aromatic carbocycles. The molecule has 2 aromatic rings. The summed E-state index contributed by atoms with van der Waals surface area (Å²) in [6.45, 7) is 4.74. The number of aromatic nitrogens is 2. The number of hydrogen-bond donors (Lipinski definition) is 1. The number of hydrogen-bond acceptors (Lipinski definition) is 4. The monoisotopic (exact) mass is 260 g/mol. The van der Waals surface area contributed by atoms with Crippen LogP contribution in [0.1, 0.15) is 12.5 Å². The molecule has 5 heteroatoms. The van der Waals surface area contributed by atoms with Crippen LogP contribution in [0.4, 0.5) is 21.7 Å². The van der Waals surface area contributed by atoms with E-state index in [9.17, 15) is 4.39 Å². The van der Waals surface area contributed by atoms with E-state index in [-0.39, 0.29) is 5.82 Å². The fraction of sp³-hybridized carbons (Fsp3) is 0.286. The Bertz CT molecular complexity index is 554. The maximum atomic E-state index is 13.0. The lowest BCUT2D eigenvalue weighted by Gasteiger charge is -2.24. The third-order valence-electron chi connectivity index (χ3n) is 3.00. The van der Waals surface area contributed by atoms with Crippen molar-refractivity contribution in [2.75, 3.05) is 23.8 Å². The minimum atomic E-state index is -0.241. The van der Waals surface area contributed by atoms with Gasteiger partial charge in [-0.2, -0.15) is 0 Å². The third kappa shape index (κ3) is 2.65. The van der Waals surface area contributed by atoms with Gasteiger partial charge in [0.1, 0.15) is 23.8 Å². The van der Waals surface area contributed by atoms with Crippen molar-refractivity contribution in [3.8, 4) is 0 Å². The first-order valence-corrected chi connectivity index (χ1v) is 6.19. The van der Waals surface area contributed by atoms with E-state index in [2.05, 4.69) is 15.3 Å². The Morgan fingerprint density at radius 2 is 1.89 bits per heavy atom. The molecule has 0 unspecified atom stereocenters. The molecular formula is C14H17FN4. The van der Waals surface area contributed by atoms with Crippen LogP contribution in [0.3, 0.4) is 0 Å². The average Bonchev–Trinajstić information content (AvgIpc) is 2.43. The van der Waals surface area contributed by atoms with Crippen molar-refractivity contribution < 1.29 is 4.39 Å². The molecule has 0 aliphatic rings. The van der Waals surface area contributed by atoms with Gasteiger partial charge in [0.25, 0.3) is 0 Å². The van der Waals surface area contributed by atoms with Gasteiger partial charge in [-0.25, -0.2) is 14.4 Å².